The van der Waals surface area contributed by atoms with Crippen LogP contribution in [-0.2, 0) is 13.0 Å². The second-order valence-electron chi connectivity index (χ2n) is 4.82. The number of aromatic nitrogens is 1. The van der Waals surface area contributed by atoms with E-state index in [0.717, 1.165) is 23.3 Å². The van der Waals surface area contributed by atoms with Crippen molar-refractivity contribution in [1.82, 2.24) is 4.98 Å². The van der Waals surface area contributed by atoms with Gasteiger partial charge in [0.1, 0.15) is 5.82 Å². The first-order valence-electron chi connectivity index (χ1n) is 6.51. The average Bonchev–Trinajstić information content (AvgIpc) is 2.42. The normalized spacial score (nSPS) is 10.5. The van der Waals surface area contributed by atoms with E-state index in [0.29, 0.717) is 0 Å². The van der Waals surface area contributed by atoms with E-state index < -0.39 is 0 Å². The second-order valence-corrected chi connectivity index (χ2v) is 5.67. The van der Waals surface area contributed by atoms with E-state index >= 15 is 0 Å². The van der Waals surface area contributed by atoms with Crippen molar-refractivity contribution in [1.29, 1.82) is 0 Å². The Balaban J connectivity index is 2.10. The maximum Gasteiger partial charge on any atom is 0.128 e. The zero-order valence-corrected chi connectivity index (χ0v) is 13.2. The molecule has 0 saturated heterocycles. The molecule has 0 aliphatic rings. The monoisotopic (exact) mass is 318 g/mol. The molecule has 0 radical (unpaired) electrons. The van der Waals surface area contributed by atoms with E-state index in [1.807, 2.05) is 6.20 Å². The third kappa shape index (κ3) is 3.57. The van der Waals surface area contributed by atoms with E-state index in [2.05, 4.69) is 77.0 Å². The molecule has 100 valence electrons. The SMILES string of the molecule is CCc1ccc(CN(C)c2cc(C)c(Br)cn2)cc1. The lowest BCUT2D eigenvalue weighted by atomic mass is 10.1. The molecular formula is C16H19BrN2. The van der Waals surface area contributed by atoms with Gasteiger partial charge >= 0.3 is 0 Å². The highest BCUT2D eigenvalue weighted by molar-refractivity contribution is 9.10. The van der Waals surface area contributed by atoms with Gasteiger partial charge in [-0.05, 0) is 52.0 Å². The quantitative estimate of drug-likeness (QED) is 0.833. The number of halogens is 1. The molecule has 1 heterocycles. The van der Waals surface area contributed by atoms with Crippen molar-refractivity contribution in [2.24, 2.45) is 0 Å². The fraction of sp³-hybridized carbons (Fsp3) is 0.312. The number of nitrogens with zero attached hydrogens (tertiary/aromatic N) is 2. The van der Waals surface area contributed by atoms with Crippen LogP contribution in [0.2, 0.25) is 0 Å². The maximum absolute atomic E-state index is 4.45. The van der Waals surface area contributed by atoms with Crippen molar-refractivity contribution in [3.8, 4) is 0 Å². The highest BCUT2D eigenvalue weighted by Crippen LogP contribution is 2.20. The summed E-state index contributed by atoms with van der Waals surface area (Å²) in [6, 6.07) is 10.9. The van der Waals surface area contributed by atoms with Crippen LogP contribution in [0.15, 0.2) is 41.0 Å². The predicted molar refractivity (Wildman–Crippen MR) is 84.6 cm³/mol. The van der Waals surface area contributed by atoms with Gasteiger partial charge in [0.2, 0.25) is 0 Å². The van der Waals surface area contributed by atoms with Gasteiger partial charge in [-0.25, -0.2) is 4.98 Å². The largest absolute Gasteiger partial charge is 0.355 e. The minimum Gasteiger partial charge on any atom is -0.355 e. The van der Waals surface area contributed by atoms with Gasteiger partial charge in [-0.3, -0.25) is 0 Å². The minimum atomic E-state index is 0.873. The molecule has 0 fully saturated rings. The molecular weight excluding hydrogens is 300 g/mol. The fourth-order valence-corrected chi connectivity index (χ4v) is 2.19. The van der Waals surface area contributed by atoms with Crippen molar-refractivity contribution in [3.05, 3.63) is 57.7 Å². The Morgan fingerprint density at radius 2 is 1.79 bits per heavy atom. The third-order valence-electron chi connectivity index (χ3n) is 3.27. The van der Waals surface area contributed by atoms with Crippen molar-refractivity contribution >= 4 is 21.7 Å². The van der Waals surface area contributed by atoms with Gasteiger partial charge in [0, 0.05) is 24.3 Å². The summed E-state index contributed by atoms with van der Waals surface area (Å²) in [5, 5.41) is 0. The van der Waals surface area contributed by atoms with Gasteiger partial charge in [-0.15, -0.1) is 0 Å². The molecule has 3 heteroatoms. The van der Waals surface area contributed by atoms with E-state index in [-0.39, 0.29) is 0 Å². The van der Waals surface area contributed by atoms with Crippen LogP contribution in [0.3, 0.4) is 0 Å². The van der Waals surface area contributed by atoms with E-state index in [9.17, 15) is 0 Å². The Kier molecular flexibility index (Phi) is 4.59. The smallest absolute Gasteiger partial charge is 0.128 e. The second kappa shape index (κ2) is 6.20. The Morgan fingerprint density at radius 3 is 2.37 bits per heavy atom. The number of rotatable bonds is 4. The summed E-state index contributed by atoms with van der Waals surface area (Å²) in [5.41, 5.74) is 3.89. The molecule has 2 nitrogen and oxygen atoms in total. The number of pyridine rings is 1. The summed E-state index contributed by atoms with van der Waals surface area (Å²) in [6.07, 6.45) is 2.95. The number of benzene rings is 1. The highest BCUT2D eigenvalue weighted by atomic mass is 79.9. The van der Waals surface area contributed by atoms with Gasteiger partial charge in [0.25, 0.3) is 0 Å². The number of anilines is 1. The molecule has 0 bridgehead atoms. The topological polar surface area (TPSA) is 16.1 Å². The minimum absolute atomic E-state index is 0.873. The molecule has 0 atom stereocenters. The van der Waals surface area contributed by atoms with Crippen LogP contribution in [0.5, 0.6) is 0 Å². The van der Waals surface area contributed by atoms with Gasteiger partial charge in [0.15, 0.2) is 0 Å². The zero-order chi connectivity index (χ0) is 13.8. The van der Waals surface area contributed by atoms with Crippen molar-refractivity contribution in [3.63, 3.8) is 0 Å². The summed E-state index contributed by atoms with van der Waals surface area (Å²) in [7, 11) is 2.07. The first-order chi connectivity index (χ1) is 9.10. The van der Waals surface area contributed by atoms with E-state index in [4.69, 9.17) is 0 Å². The first-order valence-corrected chi connectivity index (χ1v) is 7.30. The number of aryl methyl sites for hydroxylation is 2. The van der Waals surface area contributed by atoms with Crippen LogP contribution >= 0.6 is 15.9 Å². The molecule has 1 aromatic heterocycles. The van der Waals surface area contributed by atoms with Gasteiger partial charge in [-0.2, -0.15) is 0 Å². The predicted octanol–water partition coefficient (Wildman–Crippen LogP) is 4.35. The van der Waals surface area contributed by atoms with E-state index in [1.165, 1.54) is 16.7 Å². The molecule has 2 aromatic rings. The fourth-order valence-electron chi connectivity index (χ4n) is 1.97. The van der Waals surface area contributed by atoms with Crippen LogP contribution in [0.1, 0.15) is 23.6 Å². The van der Waals surface area contributed by atoms with Crippen LogP contribution in [0.4, 0.5) is 5.82 Å². The number of hydrogen-bond acceptors (Lipinski definition) is 2. The molecule has 0 saturated carbocycles. The van der Waals surface area contributed by atoms with Crippen LogP contribution in [0, 0.1) is 6.92 Å². The molecule has 0 N–H and O–H groups in total. The lowest BCUT2D eigenvalue weighted by Gasteiger charge is -2.19. The molecule has 0 aliphatic carbocycles. The molecule has 0 unspecified atom stereocenters. The van der Waals surface area contributed by atoms with Crippen LogP contribution < -0.4 is 4.90 Å². The van der Waals surface area contributed by atoms with Crippen molar-refractivity contribution in [2.75, 3.05) is 11.9 Å². The Bertz CT molecular complexity index is 549. The Labute approximate surface area is 123 Å². The standard InChI is InChI=1S/C16H19BrN2/c1-4-13-5-7-14(8-6-13)11-19(3)16-9-12(2)15(17)10-18-16/h5-10H,4,11H2,1-3H3. The molecule has 0 aliphatic heterocycles. The van der Waals surface area contributed by atoms with E-state index in [1.54, 1.807) is 0 Å². The summed E-state index contributed by atoms with van der Waals surface area (Å²) in [6.45, 7) is 5.13. The summed E-state index contributed by atoms with van der Waals surface area (Å²) in [5.74, 6) is 1.00. The number of hydrogen-bond donors (Lipinski definition) is 0. The molecule has 1 aromatic carbocycles. The van der Waals surface area contributed by atoms with Crippen molar-refractivity contribution < 1.29 is 0 Å². The average molecular weight is 319 g/mol. The third-order valence-corrected chi connectivity index (χ3v) is 4.10. The molecule has 0 amide bonds. The Hall–Kier alpha value is -1.35. The summed E-state index contributed by atoms with van der Waals surface area (Å²) < 4.78 is 1.05. The van der Waals surface area contributed by atoms with Crippen LogP contribution in [-0.4, -0.2) is 12.0 Å². The lowest BCUT2D eigenvalue weighted by molar-refractivity contribution is 0.894. The van der Waals surface area contributed by atoms with Gasteiger partial charge in [0.05, 0.1) is 0 Å². The lowest BCUT2D eigenvalue weighted by Crippen LogP contribution is -2.17. The Morgan fingerprint density at radius 1 is 1.16 bits per heavy atom. The first kappa shape index (κ1) is 14.1. The highest BCUT2D eigenvalue weighted by Gasteiger charge is 2.05. The van der Waals surface area contributed by atoms with Crippen LogP contribution in [0.25, 0.3) is 0 Å². The molecule has 2 rings (SSSR count). The molecule has 19 heavy (non-hydrogen) atoms. The van der Waals surface area contributed by atoms with Gasteiger partial charge in [-0.1, -0.05) is 31.2 Å². The maximum atomic E-state index is 4.45. The summed E-state index contributed by atoms with van der Waals surface area (Å²) >= 11 is 3.48. The zero-order valence-electron chi connectivity index (χ0n) is 11.7. The molecule has 0 spiro atoms. The van der Waals surface area contributed by atoms with Gasteiger partial charge < -0.3 is 4.90 Å². The summed E-state index contributed by atoms with van der Waals surface area (Å²) in [4.78, 5) is 6.62. The van der Waals surface area contributed by atoms with Crippen molar-refractivity contribution in [2.45, 2.75) is 26.8 Å².